The number of hydrogen-bond donors (Lipinski definition) is 2. The van der Waals surface area contributed by atoms with E-state index in [1.54, 1.807) is 38.1 Å². The van der Waals surface area contributed by atoms with Crippen LogP contribution in [0.5, 0.6) is 0 Å². The predicted molar refractivity (Wildman–Crippen MR) is 125 cm³/mol. The Labute approximate surface area is 198 Å². The second-order valence-electron chi connectivity index (χ2n) is 8.85. The van der Waals surface area contributed by atoms with Crippen LogP contribution >= 0.6 is 0 Å². The van der Waals surface area contributed by atoms with Crippen LogP contribution in [0.4, 0.5) is 15.3 Å². The lowest BCUT2D eigenvalue weighted by Gasteiger charge is -2.27. The molecule has 10 heteroatoms. The molecule has 0 spiro atoms. The number of carboxylic acid groups (broad SMARTS) is 1. The van der Waals surface area contributed by atoms with Crippen molar-refractivity contribution in [2.45, 2.75) is 62.8 Å². The molecule has 2 aromatic rings. The van der Waals surface area contributed by atoms with Gasteiger partial charge in [0.05, 0.1) is 11.0 Å². The van der Waals surface area contributed by atoms with Gasteiger partial charge in [-0.1, -0.05) is 30.7 Å². The van der Waals surface area contributed by atoms with Crippen molar-refractivity contribution in [3.8, 4) is 11.1 Å². The zero-order valence-electron chi connectivity index (χ0n) is 19.0. The second-order valence-corrected chi connectivity index (χ2v) is 10.7. The summed E-state index contributed by atoms with van der Waals surface area (Å²) in [5, 5.41) is 11.7. The molecule has 1 heterocycles. The van der Waals surface area contributed by atoms with Crippen LogP contribution in [-0.2, 0) is 19.5 Å². The zero-order chi connectivity index (χ0) is 24.5. The van der Waals surface area contributed by atoms with E-state index >= 15 is 0 Å². The third-order valence-corrected chi connectivity index (χ3v) is 8.14. The van der Waals surface area contributed by atoms with Crippen molar-refractivity contribution < 1.29 is 32.6 Å². The van der Waals surface area contributed by atoms with Gasteiger partial charge in [0.2, 0.25) is 10.0 Å². The summed E-state index contributed by atoms with van der Waals surface area (Å²) in [6.45, 7) is 3.53. The van der Waals surface area contributed by atoms with Crippen LogP contribution < -0.4 is 5.32 Å². The second kappa shape index (κ2) is 9.63. The van der Waals surface area contributed by atoms with Crippen LogP contribution in [0.25, 0.3) is 11.1 Å². The molecule has 1 saturated heterocycles. The first-order chi connectivity index (χ1) is 16.1. The monoisotopic (exact) mass is 488 g/mol. The van der Waals surface area contributed by atoms with Gasteiger partial charge in [-0.3, -0.25) is 5.32 Å². The van der Waals surface area contributed by atoms with Crippen molar-refractivity contribution in [2.24, 2.45) is 5.92 Å². The number of amides is 1. The van der Waals surface area contributed by atoms with Crippen LogP contribution in [0.15, 0.2) is 53.4 Å². The van der Waals surface area contributed by atoms with Crippen LogP contribution in [0.1, 0.15) is 39.5 Å². The van der Waals surface area contributed by atoms with E-state index in [2.05, 4.69) is 5.32 Å². The normalized spacial score (nSPS) is 22.4. The highest BCUT2D eigenvalue weighted by Gasteiger charge is 2.51. The summed E-state index contributed by atoms with van der Waals surface area (Å²) >= 11 is 0. The van der Waals surface area contributed by atoms with Crippen LogP contribution in [0.3, 0.4) is 0 Å². The van der Waals surface area contributed by atoms with E-state index in [1.165, 1.54) is 16.4 Å². The number of carbonyl (C=O) groups is 2. The Balaban J connectivity index is 1.51. The van der Waals surface area contributed by atoms with Gasteiger partial charge in [0.15, 0.2) is 6.23 Å². The van der Waals surface area contributed by atoms with Crippen molar-refractivity contribution in [1.29, 1.82) is 0 Å². The molecule has 1 amide bonds. The number of sulfonamides is 1. The van der Waals surface area contributed by atoms with Gasteiger partial charge in [-0.2, -0.15) is 4.31 Å². The minimum absolute atomic E-state index is 0.0949. The van der Waals surface area contributed by atoms with Gasteiger partial charge in [0, 0.05) is 18.2 Å². The Morgan fingerprint density at radius 1 is 1.03 bits per heavy atom. The van der Waals surface area contributed by atoms with Crippen molar-refractivity contribution >= 4 is 28.0 Å². The van der Waals surface area contributed by atoms with Gasteiger partial charge < -0.3 is 14.6 Å². The summed E-state index contributed by atoms with van der Waals surface area (Å²) in [4.78, 5) is 23.0. The lowest BCUT2D eigenvalue weighted by molar-refractivity contribution is 0.00936. The van der Waals surface area contributed by atoms with E-state index in [0.717, 1.165) is 24.0 Å². The molecular weight excluding hydrogens is 460 g/mol. The van der Waals surface area contributed by atoms with E-state index in [0.29, 0.717) is 18.5 Å². The Morgan fingerprint density at radius 3 is 2.24 bits per heavy atom. The fourth-order valence-electron chi connectivity index (χ4n) is 4.80. The number of nitrogens with zero attached hydrogens (tertiary/aromatic N) is 1. The van der Waals surface area contributed by atoms with Crippen LogP contribution in [0, 0.1) is 5.92 Å². The molecule has 0 aromatic heterocycles. The standard InChI is InChI=1S/C24H28N2O7S/c1-15(2)32-23(27)25-19-10-6-16(7-11-19)17-8-12-20(13-9-17)34(30,31)26-21-5-3-4-18(21)14-22(26)33-24(28)29/h6-13,15,18,21-22H,3-5,14H2,1-2H3,(H,25,27)(H,28,29). The number of rotatable bonds is 6. The molecule has 0 bridgehead atoms. The highest BCUT2D eigenvalue weighted by Crippen LogP contribution is 2.44. The van der Waals surface area contributed by atoms with E-state index in [1.807, 2.05) is 12.1 Å². The molecule has 1 saturated carbocycles. The van der Waals surface area contributed by atoms with E-state index < -0.39 is 28.5 Å². The first-order valence-corrected chi connectivity index (χ1v) is 12.7. The molecule has 3 atom stereocenters. The molecule has 2 fully saturated rings. The van der Waals surface area contributed by atoms with E-state index in [9.17, 15) is 18.0 Å². The molecule has 2 aliphatic rings. The summed E-state index contributed by atoms with van der Waals surface area (Å²) in [5.41, 5.74) is 2.22. The first-order valence-electron chi connectivity index (χ1n) is 11.3. The number of nitrogens with one attached hydrogen (secondary N) is 1. The predicted octanol–water partition coefficient (Wildman–Crippen LogP) is 4.89. The maximum atomic E-state index is 13.4. The molecule has 4 rings (SSSR count). The average Bonchev–Trinajstić information content (AvgIpc) is 3.34. The van der Waals surface area contributed by atoms with Gasteiger partial charge >= 0.3 is 12.2 Å². The SMILES string of the molecule is CC(C)OC(=O)Nc1ccc(-c2ccc(S(=O)(=O)N3C(OC(=O)O)CC4CCCC43)cc2)cc1. The molecule has 2 N–H and O–H groups in total. The number of benzene rings is 2. The summed E-state index contributed by atoms with van der Waals surface area (Å²) in [6.07, 6.45) is -0.355. The largest absolute Gasteiger partial charge is 0.507 e. The van der Waals surface area contributed by atoms with Crippen LogP contribution in [0.2, 0.25) is 0 Å². The highest BCUT2D eigenvalue weighted by molar-refractivity contribution is 7.89. The zero-order valence-corrected chi connectivity index (χ0v) is 19.8. The smallest absolute Gasteiger partial charge is 0.450 e. The Morgan fingerprint density at radius 2 is 1.65 bits per heavy atom. The molecular formula is C24H28N2O7S. The number of fused-ring (bicyclic) bond motifs is 1. The van der Waals surface area contributed by atoms with Gasteiger partial charge in [0.1, 0.15) is 0 Å². The quantitative estimate of drug-likeness (QED) is 0.555. The molecule has 3 unspecified atom stereocenters. The fourth-order valence-corrected chi connectivity index (χ4v) is 6.60. The molecule has 34 heavy (non-hydrogen) atoms. The average molecular weight is 489 g/mol. The maximum absolute atomic E-state index is 13.4. The topological polar surface area (TPSA) is 122 Å². The molecule has 182 valence electrons. The van der Waals surface area contributed by atoms with E-state index in [-0.39, 0.29) is 23.0 Å². The van der Waals surface area contributed by atoms with Crippen molar-refractivity contribution in [2.75, 3.05) is 5.32 Å². The fraction of sp³-hybridized carbons (Fsp3) is 0.417. The number of hydrogen-bond acceptors (Lipinski definition) is 6. The van der Waals surface area contributed by atoms with Gasteiger partial charge in [-0.25, -0.2) is 18.0 Å². The minimum Gasteiger partial charge on any atom is -0.450 e. The molecule has 1 aliphatic heterocycles. The lowest BCUT2D eigenvalue weighted by Crippen LogP contribution is -2.43. The maximum Gasteiger partial charge on any atom is 0.507 e. The Bertz CT molecular complexity index is 1150. The van der Waals surface area contributed by atoms with E-state index in [4.69, 9.17) is 14.6 Å². The summed E-state index contributed by atoms with van der Waals surface area (Å²) in [6, 6.07) is 13.3. The van der Waals surface area contributed by atoms with Crippen molar-refractivity contribution in [1.82, 2.24) is 4.31 Å². The summed E-state index contributed by atoms with van der Waals surface area (Å²) < 4.78 is 38.1. The Kier molecular flexibility index (Phi) is 6.81. The molecule has 9 nitrogen and oxygen atoms in total. The summed E-state index contributed by atoms with van der Waals surface area (Å²) in [7, 11) is -3.93. The third-order valence-electron chi connectivity index (χ3n) is 6.21. The van der Waals surface area contributed by atoms with Crippen molar-refractivity contribution in [3.63, 3.8) is 0 Å². The Hall–Kier alpha value is -3.11. The lowest BCUT2D eigenvalue weighted by atomic mass is 10.0. The van der Waals surface area contributed by atoms with Gasteiger partial charge in [-0.15, -0.1) is 0 Å². The third kappa shape index (κ3) is 5.02. The molecule has 2 aromatic carbocycles. The summed E-state index contributed by atoms with van der Waals surface area (Å²) in [5.74, 6) is 0.114. The minimum atomic E-state index is -3.93. The van der Waals surface area contributed by atoms with Gasteiger partial charge in [0.25, 0.3) is 0 Å². The van der Waals surface area contributed by atoms with Crippen molar-refractivity contribution in [3.05, 3.63) is 48.5 Å². The number of ether oxygens (including phenoxy) is 2. The van der Waals surface area contributed by atoms with Gasteiger partial charge in [-0.05, 0) is 68.0 Å². The molecule has 0 radical (unpaired) electrons. The molecule has 1 aliphatic carbocycles. The number of anilines is 1. The number of carbonyl (C=O) groups excluding carboxylic acids is 1. The van der Waals surface area contributed by atoms with Crippen LogP contribution in [-0.4, -0.2) is 48.5 Å². The highest BCUT2D eigenvalue weighted by atomic mass is 32.2. The first kappa shape index (κ1) is 24.0.